The van der Waals surface area contributed by atoms with Crippen LogP contribution in [0.4, 0.5) is 13.2 Å². The van der Waals surface area contributed by atoms with Gasteiger partial charge in [-0.15, -0.1) is 11.8 Å². The lowest BCUT2D eigenvalue weighted by Gasteiger charge is -2.51. The van der Waals surface area contributed by atoms with Crippen molar-refractivity contribution < 1.29 is 36.9 Å². The average Bonchev–Trinajstić information content (AvgIpc) is 2.49. The Balaban J connectivity index is 2.06. The summed E-state index contributed by atoms with van der Waals surface area (Å²) < 4.78 is 47.8. The fourth-order valence-electron chi connectivity index (χ4n) is 2.63. The molecule has 0 aromatic heterocycles. The molecule has 13 heteroatoms. The fourth-order valence-corrected chi connectivity index (χ4v) is 5.42. The Morgan fingerprint density at radius 1 is 1.42 bits per heavy atom. The van der Waals surface area contributed by atoms with E-state index in [9.17, 15) is 36.9 Å². The van der Waals surface area contributed by atoms with Gasteiger partial charge in [0.15, 0.2) is 0 Å². The zero-order valence-corrected chi connectivity index (χ0v) is 15.8. The quantitative estimate of drug-likeness (QED) is 0.414. The van der Waals surface area contributed by atoms with Gasteiger partial charge >= 0.3 is 12.1 Å². The first kappa shape index (κ1) is 21.1. The number of thiol groups is 1. The van der Waals surface area contributed by atoms with Crippen LogP contribution in [0.1, 0.15) is 6.92 Å². The Bertz CT molecular complexity index is 697. The number of carbonyl (C=O) groups is 3. The molecule has 2 aliphatic rings. The van der Waals surface area contributed by atoms with Gasteiger partial charge in [-0.1, -0.05) is 0 Å². The molecule has 2 aliphatic heterocycles. The summed E-state index contributed by atoms with van der Waals surface area (Å²) >= 11 is 5.38. The molecule has 2 heterocycles. The van der Waals surface area contributed by atoms with Gasteiger partial charge in [0.25, 0.3) is 5.91 Å². The number of fused-ring (bicyclic) bond motifs is 1. The number of rotatable bonds is 6. The Hall–Kier alpha value is -1.21. The Morgan fingerprint density at radius 3 is 2.54 bits per heavy atom. The van der Waals surface area contributed by atoms with E-state index in [0.29, 0.717) is 11.3 Å². The molecule has 7 nitrogen and oxygen atoms in total. The van der Waals surface area contributed by atoms with E-state index in [1.807, 2.05) is 0 Å². The second-order valence-corrected chi connectivity index (χ2v) is 8.78. The number of hydrogen-bond donors (Lipinski definition) is 3. The van der Waals surface area contributed by atoms with Crippen LogP contribution in [0.25, 0.3) is 0 Å². The van der Waals surface area contributed by atoms with Crippen molar-refractivity contribution in [1.29, 1.82) is 0 Å². The smallest absolute Gasteiger partial charge is 0.400 e. The lowest BCUT2D eigenvalue weighted by Crippen LogP contribution is -2.71. The lowest BCUT2D eigenvalue weighted by atomic mass is 10.0. The number of thioether (sulfide) groups is 1. The van der Waals surface area contributed by atoms with E-state index in [4.69, 9.17) is 0 Å². The molecule has 0 bridgehead atoms. The van der Waals surface area contributed by atoms with Crippen LogP contribution < -0.4 is 5.32 Å². The van der Waals surface area contributed by atoms with E-state index in [0.717, 1.165) is 4.90 Å². The first-order chi connectivity index (χ1) is 12.0. The highest BCUT2D eigenvalue weighted by Crippen LogP contribution is 2.44. The number of halogens is 3. The number of carboxylic acid groups (broad SMARTS) is 1. The van der Waals surface area contributed by atoms with Crippen LogP contribution in [0.2, 0.25) is 0 Å². The van der Waals surface area contributed by atoms with Gasteiger partial charge in [0, 0.05) is 21.8 Å². The normalized spacial score (nSPS) is 26.9. The maximum Gasteiger partial charge on any atom is 0.400 e. The number of amides is 2. The zero-order valence-electron chi connectivity index (χ0n) is 13.3. The largest absolute Gasteiger partial charge is 0.477 e. The number of carbonyl (C=O) groups excluding carboxylic acids is 2. The van der Waals surface area contributed by atoms with Gasteiger partial charge in [0.1, 0.15) is 28.6 Å². The van der Waals surface area contributed by atoms with Gasteiger partial charge in [0.05, 0.1) is 0 Å². The van der Waals surface area contributed by atoms with Crippen molar-refractivity contribution in [2.24, 2.45) is 0 Å². The van der Waals surface area contributed by atoms with Crippen LogP contribution >= 0.6 is 24.4 Å². The zero-order chi connectivity index (χ0) is 19.8. The van der Waals surface area contributed by atoms with Crippen molar-refractivity contribution in [2.45, 2.75) is 29.8 Å². The van der Waals surface area contributed by atoms with Crippen LogP contribution in [-0.2, 0) is 25.2 Å². The van der Waals surface area contributed by atoms with Gasteiger partial charge < -0.3 is 10.4 Å². The highest BCUT2D eigenvalue weighted by atomic mass is 32.2. The van der Waals surface area contributed by atoms with Gasteiger partial charge in [0.2, 0.25) is 5.91 Å². The molecule has 26 heavy (non-hydrogen) atoms. The molecule has 146 valence electrons. The van der Waals surface area contributed by atoms with Crippen LogP contribution in [0.5, 0.6) is 0 Å². The number of nitrogens with zero attached hydrogens (tertiary/aromatic N) is 1. The third-order valence-electron chi connectivity index (χ3n) is 3.75. The molecule has 0 aromatic carbocycles. The second-order valence-electron chi connectivity index (χ2n) is 5.63. The summed E-state index contributed by atoms with van der Waals surface area (Å²) in [4.78, 5) is 36.5. The maximum atomic E-state index is 12.2. The first-order valence-electron chi connectivity index (χ1n) is 7.20. The number of aliphatic carboxylic acids is 1. The third-order valence-corrected chi connectivity index (χ3v) is 7.20. The van der Waals surface area contributed by atoms with Crippen molar-refractivity contribution in [1.82, 2.24) is 10.2 Å². The number of carboxylic acids is 1. The SMILES string of the molecule is CC1=C(C(=O)O)N2C(=O)C(NC(=O)CS(=O)CC(F)(F)F)[C@H]2SC1CS. The average molecular weight is 432 g/mol. The van der Waals surface area contributed by atoms with E-state index in [2.05, 4.69) is 17.9 Å². The van der Waals surface area contributed by atoms with E-state index in [-0.39, 0.29) is 10.9 Å². The molecule has 1 fully saturated rings. The summed E-state index contributed by atoms with van der Waals surface area (Å²) in [6.07, 6.45) is -4.66. The summed E-state index contributed by atoms with van der Waals surface area (Å²) in [7, 11) is -2.45. The Morgan fingerprint density at radius 2 is 2.04 bits per heavy atom. The Kier molecular flexibility index (Phi) is 6.33. The summed E-state index contributed by atoms with van der Waals surface area (Å²) in [6, 6.07) is -1.08. The maximum absolute atomic E-state index is 12.2. The van der Waals surface area contributed by atoms with Crippen molar-refractivity contribution >= 4 is 53.0 Å². The molecule has 2 amide bonds. The predicted molar refractivity (Wildman–Crippen MR) is 92.1 cm³/mol. The predicted octanol–water partition coefficient (Wildman–Crippen LogP) is 0.354. The lowest BCUT2D eigenvalue weighted by molar-refractivity contribution is -0.150. The summed E-state index contributed by atoms with van der Waals surface area (Å²) in [5.74, 6) is -5.12. The number of alkyl halides is 3. The van der Waals surface area contributed by atoms with Crippen molar-refractivity contribution in [3.8, 4) is 0 Å². The minimum Gasteiger partial charge on any atom is -0.477 e. The molecule has 3 unspecified atom stereocenters. The number of hydrogen-bond acceptors (Lipinski definition) is 6. The van der Waals surface area contributed by atoms with Crippen molar-refractivity contribution in [3.63, 3.8) is 0 Å². The molecule has 0 radical (unpaired) electrons. The monoisotopic (exact) mass is 432 g/mol. The number of nitrogens with one attached hydrogen (secondary N) is 1. The standard InChI is InChI=1S/C13H15F3N2O5S3/c1-5-6(2-24)25-11-8(10(20)18(11)9(5)12(21)22)17-7(19)3-26(23)4-13(14,15)16/h6,8,11,24H,2-4H2,1H3,(H,17,19)(H,21,22)/t6?,8?,11-,26?/m1/s1. The topological polar surface area (TPSA) is 104 Å². The van der Waals surface area contributed by atoms with Crippen molar-refractivity contribution in [2.75, 3.05) is 17.3 Å². The fraction of sp³-hybridized carbons (Fsp3) is 0.615. The first-order valence-corrected chi connectivity index (χ1v) is 10.3. The van der Waals surface area contributed by atoms with Gasteiger partial charge in [-0.25, -0.2) is 4.79 Å². The molecule has 2 N–H and O–H groups in total. The van der Waals surface area contributed by atoms with E-state index >= 15 is 0 Å². The highest BCUT2D eigenvalue weighted by molar-refractivity contribution is 8.01. The highest BCUT2D eigenvalue weighted by Gasteiger charge is 2.55. The summed E-state index contributed by atoms with van der Waals surface area (Å²) in [6.45, 7) is 1.58. The second kappa shape index (κ2) is 7.80. The van der Waals surface area contributed by atoms with Gasteiger partial charge in [-0.3, -0.25) is 18.7 Å². The molecule has 0 aliphatic carbocycles. The molecular formula is C13H15F3N2O5S3. The number of β-lactam (4-membered cyclic amide) rings is 1. The van der Waals surface area contributed by atoms with Gasteiger partial charge in [-0.2, -0.15) is 25.8 Å². The van der Waals surface area contributed by atoms with Crippen molar-refractivity contribution in [3.05, 3.63) is 11.3 Å². The van der Waals surface area contributed by atoms with E-state index in [1.165, 1.54) is 11.8 Å². The summed E-state index contributed by atoms with van der Waals surface area (Å²) in [5.41, 5.74) is 0.294. The van der Waals surface area contributed by atoms with E-state index < -0.39 is 57.7 Å². The van der Waals surface area contributed by atoms with E-state index in [1.54, 1.807) is 6.92 Å². The molecule has 0 saturated carbocycles. The van der Waals surface area contributed by atoms with Crippen LogP contribution in [0.15, 0.2) is 11.3 Å². The molecule has 4 atom stereocenters. The molecule has 2 rings (SSSR count). The van der Waals surface area contributed by atoms with Crippen LogP contribution in [0, 0.1) is 0 Å². The summed E-state index contributed by atoms with van der Waals surface area (Å²) in [5, 5.41) is 10.6. The molecule has 1 saturated heterocycles. The minimum absolute atomic E-state index is 0.177. The molecule has 0 spiro atoms. The Labute approximate surface area is 158 Å². The van der Waals surface area contributed by atoms with Gasteiger partial charge in [-0.05, 0) is 12.5 Å². The molecule has 0 aromatic rings. The third kappa shape index (κ3) is 4.36. The minimum atomic E-state index is -4.66. The van der Waals surface area contributed by atoms with Crippen LogP contribution in [0.3, 0.4) is 0 Å². The van der Waals surface area contributed by atoms with Crippen LogP contribution in [-0.4, -0.2) is 72.1 Å². The molecular weight excluding hydrogens is 417 g/mol.